The predicted octanol–water partition coefficient (Wildman–Crippen LogP) is 3.32. The number of carbonyl (C=O) groups is 2. The van der Waals surface area contributed by atoms with E-state index in [0.29, 0.717) is 37.0 Å². The summed E-state index contributed by atoms with van der Waals surface area (Å²) in [4.78, 5) is 27.5. The molecule has 1 saturated heterocycles. The Labute approximate surface area is 194 Å². The number of halogens is 1. The lowest BCUT2D eigenvalue weighted by Gasteiger charge is -2.35. The van der Waals surface area contributed by atoms with Gasteiger partial charge >= 0.3 is 0 Å². The van der Waals surface area contributed by atoms with Crippen LogP contribution in [0.25, 0.3) is 0 Å². The Hall–Kier alpha value is -2.97. The zero-order valence-corrected chi connectivity index (χ0v) is 19.2. The number of morpholine rings is 1. The Morgan fingerprint density at radius 2 is 1.79 bits per heavy atom. The first-order valence-electron chi connectivity index (χ1n) is 11.3. The van der Waals surface area contributed by atoms with Gasteiger partial charge in [0.15, 0.2) is 6.61 Å². The maximum atomic E-state index is 13.7. The maximum Gasteiger partial charge on any atom is 0.262 e. The lowest BCUT2D eigenvalue weighted by molar-refractivity contribution is -0.118. The number of para-hydroxylation sites is 2. The molecule has 178 valence electrons. The maximum absolute atomic E-state index is 13.7. The molecule has 2 N–H and O–H groups in total. The summed E-state index contributed by atoms with van der Waals surface area (Å²) >= 11 is 0. The Morgan fingerprint density at radius 3 is 2.52 bits per heavy atom. The fraction of sp³-hybridized carbons (Fsp3) is 0.440. The number of nitrogens with one attached hydrogen (secondary N) is 2. The second-order valence-corrected chi connectivity index (χ2v) is 8.45. The van der Waals surface area contributed by atoms with Crippen molar-refractivity contribution in [2.75, 3.05) is 44.8 Å². The highest BCUT2D eigenvalue weighted by molar-refractivity contribution is 5.97. The third-order valence-corrected chi connectivity index (χ3v) is 5.44. The van der Waals surface area contributed by atoms with E-state index >= 15 is 0 Å². The molecule has 2 aromatic carbocycles. The number of ether oxygens (including phenoxy) is 2. The van der Waals surface area contributed by atoms with Crippen molar-refractivity contribution in [2.45, 2.75) is 26.3 Å². The van der Waals surface area contributed by atoms with Crippen molar-refractivity contribution >= 4 is 17.5 Å². The van der Waals surface area contributed by atoms with E-state index in [0.717, 1.165) is 19.5 Å². The van der Waals surface area contributed by atoms with Crippen LogP contribution in [0.5, 0.6) is 5.75 Å². The van der Waals surface area contributed by atoms with Crippen LogP contribution in [0.1, 0.15) is 30.6 Å². The van der Waals surface area contributed by atoms with E-state index < -0.39 is 11.7 Å². The van der Waals surface area contributed by atoms with Crippen LogP contribution >= 0.6 is 0 Å². The van der Waals surface area contributed by atoms with Gasteiger partial charge < -0.3 is 20.1 Å². The van der Waals surface area contributed by atoms with E-state index in [1.54, 1.807) is 36.4 Å². The van der Waals surface area contributed by atoms with Crippen LogP contribution in [-0.2, 0) is 9.53 Å². The molecule has 0 radical (unpaired) electrons. The van der Waals surface area contributed by atoms with Crippen LogP contribution < -0.4 is 15.4 Å². The largest absolute Gasteiger partial charge is 0.483 e. The van der Waals surface area contributed by atoms with Gasteiger partial charge in [-0.2, -0.15) is 0 Å². The van der Waals surface area contributed by atoms with Gasteiger partial charge in [0.1, 0.15) is 11.6 Å². The summed E-state index contributed by atoms with van der Waals surface area (Å²) in [5, 5.41) is 5.49. The Balaban J connectivity index is 1.58. The molecule has 1 atom stereocenters. The molecule has 1 heterocycles. The summed E-state index contributed by atoms with van der Waals surface area (Å²) in [6.45, 7) is 7.62. The number of hydrogen-bond acceptors (Lipinski definition) is 5. The Kier molecular flexibility index (Phi) is 9.21. The monoisotopic (exact) mass is 457 g/mol. The van der Waals surface area contributed by atoms with Gasteiger partial charge in [0.05, 0.1) is 24.5 Å². The molecule has 0 bridgehead atoms. The van der Waals surface area contributed by atoms with Crippen molar-refractivity contribution in [3.63, 3.8) is 0 Å². The van der Waals surface area contributed by atoms with Crippen molar-refractivity contribution in [1.29, 1.82) is 0 Å². The number of carbonyl (C=O) groups excluding carboxylic acids is 2. The SMILES string of the molecule is CC(C)CC(CNC(=O)c1ccccc1OCC(=O)Nc1ccccc1F)N1CCOCC1. The van der Waals surface area contributed by atoms with Crippen LogP contribution in [0.3, 0.4) is 0 Å². The quantitative estimate of drug-likeness (QED) is 0.572. The molecular formula is C25H32FN3O4. The number of nitrogens with zero attached hydrogens (tertiary/aromatic N) is 1. The molecular weight excluding hydrogens is 425 g/mol. The fourth-order valence-corrected chi connectivity index (χ4v) is 3.83. The normalized spacial score (nSPS) is 15.2. The summed E-state index contributed by atoms with van der Waals surface area (Å²) in [5.41, 5.74) is 0.429. The number of hydrogen-bond donors (Lipinski definition) is 2. The number of benzene rings is 2. The van der Waals surface area contributed by atoms with Crippen LogP contribution in [0, 0.1) is 11.7 Å². The molecule has 33 heavy (non-hydrogen) atoms. The topological polar surface area (TPSA) is 79.9 Å². The number of amides is 2. The minimum atomic E-state index is -0.526. The van der Waals surface area contributed by atoms with Crippen molar-refractivity contribution in [2.24, 2.45) is 5.92 Å². The first-order valence-corrected chi connectivity index (χ1v) is 11.3. The van der Waals surface area contributed by atoms with Crippen molar-refractivity contribution < 1.29 is 23.5 Å². The molecule has 0 spiro atoms. The van der Waals surface area contributed by atoms with Gasteiger partial charge in [-0.1, -0.05) is 38.1 Å². The van der Waals surface area contributed by atoms with E-state index in [1.165, 1.54) is 12.1 Å². The summed E-state index contributed by atoms with van der Waals surface area (Å²) in [6, 6.07) is 12.9. The first-order chi connectivity index (χ1) is 15.9. The lowest BCUT2D eigenvalue weighted by atomic mass is 10.0. The third-order valence-electron chi connectivity index (χ3n) is 5.44. The summed E-state index contributed by atoms with van der Waals surface area (Å²) in [7, 11) is 0. The molecule has 1 aliphatic rings. The summed E-state index contributed by atoms with van der Waals surface area (Å²) in [6.07, 6.45) is 0.967. The van der Waals surface area contributed by atoms with E-state index in [-0.39, 0.29) is 24.2 Å². The summed E-state index contributed by atoms with van der Waals surface area (Å²) in [5.74, 6) is -0.507. The van der Waals surface area contributed by atoms with Gasteiger partial charge in [0, 0.05) is 25.7 Å². The van der Waals surface area contributed by atoms with Gasteiger partial charge in [-0.15, -0.1) is 0 Å². The second kappa shape index (κ2) is 12.3. The molecule has 1 aliphatic heterocycles. The lowest BCUT2D eigenvalue weighted by Crippen LogP contribution is -2.49. The standard InChI is InChI=1S/C25H32FN3O4/c1-18(2)15-19(29-11-13-32-14-12-29)16-27-25(31)20-7-3-6-10-23(20)33-17-24(30)28-22-9-5-4-8-21(22)26/h3-10,18-19H,11-17H2,1-2H3,(H,27,31)(H,28,30). The van der Waals surface area contributed by atoms with E-state index in [1.807, 2.05) is 0 Å². The molecule has 1 fully saturated rings. The summed E-state index contributed by atoms with van der Waals surface area (Å²) < 4.78 is 24.8. The minimum Gasteiger partial charge on any atom is -0.483 e. The zero-order valence-electron chi connectivity index (χ0n) is 19.2. The Bertz CT molecular complexity index is 931. The van der Waals surface area contributed by atoms with Gasteiger partial charge in [-0.25, -0.2) is 4.39 Å². The van der Waals surface area contributed by atoms with Crippen LogP contribution in [0.15, 0.2) is 48.5 Å². The van der Waals surface area contributed by atoms with Gasteiger partial charge in [0.25, 0.3) is 11.8 Å². The van der Waals surface area contributed by atoms with E-state index in [9.17, 15) is 14.0 Å². The van der Waals surface area contributed by atoms with Crippen LogP contribution in [0.4, 0.5) is 10.1 Å². The van der Waals surface area contributed by atoms with Crippen molar-refractivity contribution in [1.82, 2.24) is 10.2 Å². The second-order valence-electron chi connectivity index (χ2n) is 8.45. The first kappa shape index (κ1) is 24.7. The fourth-order valence-electron chi connectivity index (χ4n) is 3.83. The van der Waals surface area contributed by atoms with E-state index in [2.05, 4.69) is 29.4 Å². The molecule has 2 amide bonds. The predicted molar refractivity (Wildman–Crippen MR) is 125 cm³/mol. The van der Waals surface area contributed by atoms with Crippen molar-refractivity contribution in [3.05, 3.63) is 59.9 Å². The average molecular weight is 458 g/mol. The van der Waals surface area contributed by atoms with Gasteiger partial charge in [-0.3, -0.25) is 14.5 Å². The highest BCUT2D eigenvalue weighted by atomic mass is 19.1. The molecule has 0 aromatic heterocycles. The third kappa shape index (κ3) is 7.54. The Morgan fingerprint density at radius 1 is 1.09 bits per heavy atom. The smallest absolute Gasteiger partial charge is 0.262 e. The molecule has 0 saturated carbocycles. The molecule has 7 nitrogen and oxygen atoms in total. The van der Waals surface area contributed by atoms with Crippen LogP contribution in [0.2, 0.25) is 0 Å². The molecule has 8 heteroatoms. The highest BCUT2D eigenvalue weighted by Gasteiger charge is 2.23. The molecule has 3 rings (SSSR count). The molecule has 2 aromatic rings. The number of anilines is 1. The van der Waals surface area contributed by atoms with Gasteiger partial charge in [0.2, 0.25) is 0 Å². The van der Waals surface area contributed by atoms with E-state index in [4.69, 9.17) is 9.47 Å². The van der Waals surface area contributed by atoms with Crippen molar-refractivity contribution in [3.8, 4) is 5.75 Å². The van der Waals surface area contributed by atoms with Gasteiger partial charge in [-0.05, 0) is 36.6 Å². The molecule has 0 aliphatic carbocycles. The zero-order chi connectivity index (χ0) is 23.6. The average Bonchev–Trinajstić information content (AvgIpc) is 2.82. The number of rotatable bonds is 10. The minimum absolute atomic E-state index is 0.0800. The highest BCUT2D eigenvalue weighted by Crippen LogP contribution is 2.19. The molecule has 1 unspecified atom stereocenters. The van der Waals surface area contributed by atoms with Crippen LogP contribution in [-0.4, -0.2) is 62.2 Å².